The number of nitrogens with one attached hydrogen (secondary N) is 1. The number of ether oxygens (including phenoxy) is 1. The molecule has 0 atom stereocenters. The van der Waals surface area contributed by atoms with Gasteiger partial charge in [0.1, 0.15) is 12.4 Å². The smallest absolute Gasteiger partial charge is 0.335 e. The van der Waals surface area contributed by atoms with Crippen molar-refractivity contribution in [3.05, 3.63) is 131 Å². The van der Waals surface area contributed by atoms with E-state index in [1.165, 1.54) is 12.1 Å². The number of carboxylic acids is 1. The van der Waals surface area contributed by atoms with E-state index in [-0.39, 0.29) is 24.3 Å². The lowest BCUT2D eigenvalue weighted by Crippen LogP contribution is -2.13. The summed E-state index contributed by atoms with van der Waals surface area (Å²) in [4.78, 5) is 36.3. The first-order valence-electron chi connectivity index (χ1n) is 13.5. The summed E-state index contributed by atoms with van der Waals surface area (Å²) in [6, 6.07) is 32.0. The van der Waals surface area contributed by atoms with Crippen LogP contribution in [-0.2, 0) is 17.8 Å². The third kappa shape index (κ3) is 7.28. The Morgan fingerprint density at radius 3 is 2.28 bits per heavy atom. The summed E-state index contributed by atoms with van der Waals surface area (Å²) < 4.78 is 5.82. The van der Waals surface area contributed by atoms with Crippen LogP contribution in [0.15, 0.2) is 109 Å². The van der Waals surface area contributed by atoms with Crippen molar-refractivity contribution >= 4 is 23.5 Å². The molecule has 0 aliphatic carbocycles. The average molecular weight is 573 g/mol. The Morgan fingerprint density at radius 1 is 0.791 bits per heavy atom. The average Bonchev–Trinajstić information content (AvgIpc) is 3.03. The van der Waals surface area contributed by atoms with E-state index in [4.69, 9.17) is 10.5 Å². The first-order valence-corrected chi connectivity index (χ1v) is 13.5. The molecule has 9 heteroatoms. The van der Waals surface area contributed by atoms with Crippen LogP contribution in [0.25, 0.3) is 22.5 Å². The van der Waals surface area contributed by atoms with Crippen LogP contribution in [0.4, 0.5) is 5.69 Å². The minimum Gasteiger partial charge on any atom is -0.489 e. The Kier molecular flexibility index (Phi) is 8.82. The number of carbonyl (C=O) groups is 3. The fourth-order valence-corrected chi connectivity index (χ4v) is 4.51. The number of aryl methyl sites for hydroxylation is 1. The van der Waals surface area contributed by atoms with Crippen LogP contribution >= 0.6 is 0 Å². The molecule has 1 aromatic heterocycles. The van der Waals surface area contributed by atoms with Crippen molar-refractivity contribution in [1.82, 2.24) is 10.2 Å². The van der Waals surface area contributed by atoms with Gasteiger partial charge in [0.25, 0.3) is 5.91 Å². The number of aromatic nitrogens is 2. The van der Waals surface area contributed by atoms with E-state index < -0.39 is 11.9 Å². The molecule has 2 amide bonds. The zero-order chi connectivity index (χ0) is 30.2. The van der Waals surface area contributed by atoms with E-state index in [1.54, 1.807) is 54.6 Å². The normalized spacial score (nSPS) is 10.6. The molecule has 0 aliphatic rings. The minimum absolute atomic E-state index is 0.0696. The molecular weight excluding hydrogens is 544 g/mol. The molecular formula is C34H28N4O5. The summed E-state index contributed by atoms with van der Waals surface area (Å²) in [5.74, 6) is -1.21. The van der Waals surface area contributed by atoms with Crippen LogP contribution in [0, 0.1) is 0 Å². The molecule has 0 radical (unpaired) electrons. The Morgan fingerprint density at radius 2 is 1.53 bits per heavy atom. The quantitative estimate of drug-likeness (QED) is 0.183. The minimum atomic E-state index is -1.07. The number of nitrogens with two attached hydrogens (primary N) is 1. The SMILES string of the molecule is NC(=O)CCc1cc(-c2ccccc2NC(=O)c2ccc(OCc3ccccc3)cc2)nnc1-c1cccc(C(=O)O)c1. The van der Waals surface area contributed by atoms with E-state index in [0.717, 1.165) is 5.56 Å². The van der Waals surface area contributed by atoms with Gasteiger partial charge in [-0.25, -0.2) is 4.79 Å². The van der Waals surface area contributed by atoms with Gasteiger partial charge in [-0.05, 0) is 66.1 Å². The predicted octanol–water partition coefficient (Wildman–Crippen LogP) is 5.76. The molecule has 0 saturated heterocycles. The van der Waals surface area contributed by atoms with Gasteiger partial charge in [0.2, 0.25) is 5.91 Å². The molecule has 4 N–H and O–H groups in total. The van der Waals surface area contributed by atoms with Gasteiger partial charge in [0, 0.05) is 23.1 Å². The van der Waals surface area contributed by atoms with Crippen LogP contribution in [0.3, 0.4) is 0 Å². The number of aromatic carboxylic acids is 1. The molecule has 0 spiro atoms. The number of anilines is 1. The molecule has 0 bridgehead atoms. The Bertz CT molecular complexity index is 1770. The van der Waals surface area contributed by atoms with Crippen molar-refractivity contribution in [3.63, 3.8) is 0 Å². The molecule has 0 saturated carbocycles. The highest BCUT2D eigenvalue weighted by molar-refractivity contribution is 6.06. The summed E-state index contributed by atoms with van der Waals surface area (Å²) in [6.45, 7) is 0.423. The number of carbonyl (C=O) groups excluding carboxylic acids is 2. The molecule has 5 rings (SSSR count). The van der Waals surface area contributed by atoms with Crippen molar-refractivity contribution < 1.29 is 24.2 Å². The highest BCUT2D eigenvalue weighted by Crippen LogP contribution is 2.31. The number of hydrogen-bond acceptors (Lipinski definition) is 6. The lowest BCUT2D eigenvalue weighted by Gasteiger charge is -2.14. The molecule has 4 aromatic carbocycles. The van der Waals surface area contributed by atoms with Crippen molar-refractivity contribution in [3.8, 4) is 28.3 Å². The summed E-state index contributed by atoms with van der Waals surface area (Å²) in [7, 11) is 0. The van der Waals surface area contributed by atoms with Gasteiger partial charge in [-0.15, -0.1) is 10.2 Å². The van der Waals surface area contributed by atoms with Gasteiger partial charge in [-0.3, -0.25) is 9.59 Å². The first kappa shape index (κ1) is 28.7. The van der Waals surface area contributed by atoms with Crippen LogP contribution < -0.4 is 15.8 Å². The fourth-order valence-electron chi connectivity index (χ4n) is 4.51. The zero-order valence-corrected chi connectivity index (χ0v) is 23.1. The molecule has 0 fully saturated rings. The van der Waals surface area contributed by atoms with Gasteiger partial charge in [0.15, 0.2) is 0 Å². The predicted molar refractivity (Wildman–Crippen MR) is 163 cm³/mol. The maximum Gasteiger partial charge on any atom is 0.335 e. The lowest BCUT2D eigenvalue weighted by atomic mass is 9.98. The van der Waals surface area contributed by atoms with Crippen molar-refractivity contribution in [2.75, 3.05) is 5.32 Å². The maximum absolute atomic E-state index is 13.2. The highest BCUT2D eigenvalue weighted by atomic mass is 16.5. The maximum atomic E-state index is 13.2. The first-order chi connectivity index (χ1) is 20.9. The molecule has 5 aromatic rings. The van der Waals surface area contributed by atoms with Crippen molar-refractivity contribution in [2.45, 2.75) is 19.4 Å². The largest absolute Gasteiger partial charge is 0.489 e. The molecule has 0 aliphatic heterocycles. The number of para-hydroxylation sites is 1. The number of rotatable bonds is 11. The fraction of sp³-hybridized carbons (Fsp3) is 0.0882. The number of carboxylic acid groups (broad SMARTS) is 1. The third-order valence-electron chi connectivity index (χ3n) is 6.71. The summed E-state index contributed by atoms with van der Waals surface area (Å²) in [5.41, 5.74) is 10.3. The molecule has 0 unspecified atom stereocenters. The van der Waals surface area contributed by atoms with Gasteiger partial charge < -0.3 is 20.9 Å². The van der Waals surface area contributed by atoms with E-state index >= 15 is 0 Å². The standard InChI is InChI=1S/C34H28N4O5/c35-31(39)18-15-25-20-30(37-38-32(25)24-9-6-10-26(19-24)34(41)42)28-11-4-5-12-29(28)36-33(40)23-13-16-27(17-14-23)43-21-22-7-2-1-3-8-22/h1-14,16-17,19-20H,15,18,21H2,(H2,35,39)(H,36,40)(H,41,42). The van der Waals surface area contributed by atoms with Crippen molar-refractivity contribution in [1.29, 1.82) is 0 Å². The van der Waals surface area contributed by atoms with Crippen LogP contribution in [0.2, 0.25) is 0 Å². The summed E-state index contributed by atoms with van der Waals surface area (Å²) in [5, 5.41) is 21.2. The monoisotopic (exact) mass is 572 g/mol. The van der Waals surface area contributed by atoms with Gasteiger partial charge in [-0.1, -0.05) is 60.7 Å². The highest BCUT2D eigenvalue weighted by Gasteiger charge is 2.17. The second kappa shape index (κ2) is 13.2. The van der Waals surface area contributed by atoms with E-state index in [1.807, 2.05) is 42.5 Å². The molecule has 43 heavy (non-hydrogen) atoms. The number of amides is 2. The van der Waals surface area contributed by atoms with Crippen LogP contribution in [-0.4, -0.2) is 33.1 Å². The van der Waals surface area contributed by atoms with Crippen LogP contribution in [0.1, 0.15) is 38.3 Å². The Hall–Kier alpha value is -5.83. The van der Waals surface area contributed by atoms with E-state index in [0.29, 0.717) is 51.7 Å². The lowest BCUT2D eigenvalue weighted by molar-refractivity contribution is -0.118. The second-order valence-electron chi connectivity index (χ2n) is 9.75. The van der Waals surface area contributed by atoms with Crippen molar-refractivity contribution in [2.24, 2.45) is 5.73 Å². The topological polar surface area (TPSA) is 144 Å². The third-order valence-corrected chi connectivity index (χ3v) is 6.71. The Balaban J connectivity index is 1.38. The summed E-state index contributed by atoms with van der Waals surface area (Å²) >= 11 is 0. The number of hydrogen-bond donors (Lipinski definition) is 3. The van der Waals surface area contributed by atoms with Gasteiger partial charge in [0.05, 0.1) is 22.6 Å². The molecule has 9 nitrogen and oxygen atoms in total. The molecule has 214 valence electrons. The zero-order valence-electron chi connectivity index (χ0n) is 23.1. The van der Waals surface area contributed by atoms with E-state index in [9.17, 15) is 19.5 Å². The number of primary amides is 1. The summed E-state index contributed by atoms with van der Waals surface area (Å²) in [6.07, 6.45) is 0.345. The number of nitrogens with zero attached hydrogens (tertiary/aromatic N) is 2. The number of benzene rings is 4. The van der Waals surface area contributed by atoms with E-state index in [2.05, 4.69) is 15.5 Å². The second-order valence-corrected chi connectivity index (χ2v) is 9.75. The molecule has 1 heterocycles. The van der Waals surface area contributed by atoms with Gasteiger partial charge >= 0.3 is 5.97 Å². The van der Waals surface area contributed by atoms with Crippen LogP contribution in [0.5, 0.6) is 5.75 Å². The van der Waals surface area contributed by atoms with Gasteiger partial charge in [-0.2, -0.15) is 0 Å². The Labute approximate surface area is 248 Å².